The molecule has 8 heteroatoms. The van der Waals surface area contributed by atoms with Gasteiger partial charge in [-0.3, -0.25) is 0 Å². The van der Waals surface area contributed by atoms with Gasteiger partial charge in [-0.05, 0) is 36.1 Å². The third kappa shape index (κ3) is 4.89. The molecule has 0 aliphatic heterocycles. The van der Waals surface area contributed by atoms with Gasteiger partial charge in [-0.2, -0.15) is 0 Å². The Morgan fingerprint density at radius 3 is 2.58 bits per heavy atom. The number of aliphatic imine (C=N–C) groups is 1. The van der Waals surface area contributed by atoms with Gasteiger partial charge in [-0.1, -0.05) is 18.2 Å². The molecule has 1 aromatic carbocycles. The van der Waals surface area contributed by atoms with E-state index in [0.717, 1.165) is 17.2 Å². The third-order valence-electron chi connectivity index (χ3n) is 3.94. The van der Waals surface area contributed by atoms with E-state index in [1.54, 1.807) is 23.5 Å². The first-order valence-corrected chi connectivity index (χ1v) is 9.13. The van der Waals surface area contributed by atoms with Crippen LogP contribution in [0.4, 0.5) is 4.39 Å². The molecule has 0 radical (unpaired) electrons. The first-order valence-electron chi connectivity index (χ1n) is 8.25. The quantitative estimate of drug-likeness (QED) is 0.516. The van der Waals surface area contributed by atoms with Crippen molar-refractivity contribution < 1.29 is 4.39 Å². The van der Waals surface area contributed by atoms with E-state index in [0.29, 0.717) is 25.6 Å². The van der Waals surface area contributed by atoms with Crippen LogP contribution < -0.4 is 10.6 Å². The zero-order valence-corrected chi connectivity index (χ0v) is 15.6. The molecule has 0 aliphatic rings. The van der Waals surface area contributed by atoms with E-state index in [-0.39, 0.29) is 5.82 Å². The van der Waals surface area contributed by atoms with E-state index >= 15 is 0 Å². The minimum absolute atomic E-state index is 0.246. The summed E-state index contributed by atoms with van der Waals surface area (Å²) in [5.41, 5.74) is 0.943. The SMILES string of the molecule is Cc1nnc(CNC(=NCc2ccc(F)cc2)NCc2cccs2)n1C. The van der Waals surface area contributed by atoms with Crippen molar-refractivity contribution in [1.29, 1.82) is 0 Å². The number of nitrogens with zero attached hydrogens (tertiary/aromatic N) is 4. The molecule has 0 unspecified atom stereocenters. The van der Waals surface area contributed by atoms with Crippen molar-refractivity contribution in [2.45, 2.75) is 26.6 Å². The number of rotatable bonds is 6. The van der Waals surface area contributed by atoms with E-state index < -0.39 is 0 Å². The molecule has 2 N–H and O–H groups in total. The zero-order valence-electron chi connectivity index (χ0n) is 14.7. The molecule has 0 aliphatic carbocycles. The molecule has 0 atom stereocenters. The molecular weight excluding hydrogens is 351 g/mol. The summed E-state index contributed by atoms with van der Waals surface area (Å²) in [4.78, 5) is 5.81. The van der Waals surface area contributed by atoms with E-state index in [9.17, 15) is 4.39 Å². The van der Waals surface area contributed by atoms with Gasteiger partial charge >= 0.3 is 0 Å². The molecule has 0 fully saturated rings. The summed E-state index contributed by atoms with van der Waals surface area (Å²) in [6.07, 6.45) is 0. The molecule has 0 saturated heterocycles. The van der Waals surface area contributed by atoms with Crippen LogP contribution in [0.25, 0.3) is 0 Å². The fourth-order valence-corrected chi connectivity index (χ4v) is 2.93. The maximum Gasteiger partial charge on any atom is 0.192 e. The van der Waals surface area contributed by atoms with Crippen molar-refractivity contribution in [1.82, 2.24) is 25.4 Å². The number of aryl methyl sites for hydroxylation is 1. The lowest BCUT2D eigenvalue weighted by atomic mass is 10.2. The molecule has 3 aromatic rings. The van der Waals surface area contributed by atoms with E-state index in [1.807, 2.05) is 30.0 Å². The Bertz CT molecular complexity index is 854. The van der Waals surface area contributed by atoms with Crippen LogP contribution in [0, 0.1) is 12.7 Å². The molecule has 6 nitrogen and oxygen atoms in total. The minimum atomic E-state index is -0.246. The van der Waals surface area contributed by atoms with Gasteiger partial charge in [0.2, 0.25) is 0 Å². The minimum Gasteiger partial charge on any atom is -0.351 e. The van der Waals surface area contributed by atoms with Crippen molar-refractivity contribution in [2.24, 2.45) is 12.0 Å². The molecule has 0 bridgehead atoms. The smallest absolute Gasteiger partial charge is 0.192 e. The molecule has 0 saturated carbocycles. The molecular formula is C18H21FN6S. The molecule has 2 aromatic heterocycles. The fourth-order valence-electron chi connectivity index (χ4n) is 2.29. The number of thiophene rings is 1. The maximum absolute atomic E-state index is 13.0. The lowest BCUT2D eigenvalue weighted by molar-refractivity contribution is 0.627. The summed E-state index contributed by atoms with van der Waals surface area (Å²) < 4.78 is 15.0. The van der Waals surface area contributed by atoms with Crippen molar-refractivity contribution in [3.63, 3.8) is 0 Å². The van der Waals surface area contributed by atoms with Gasteiger partial charge in [0.25, 0.3) is 0 Å². The predicted octanol–water partition coefficient (Wildman–Crippen LogP) is 2.76. The normalized spacial score (nSPS) is 11.6. The predicted molar refractivity (Wildman–Crippen MR) is 101 cm³/mol. The number of benzene rings is 1. The second-order valence-electron chi connectivity index (χ2n) is 5.80. The Balaban J connectivity index is 1.66. The summed E-state index contributed by atoms with van der Waals surface area (Å²) >= 11 is 1.69. The number of aromatic nitrogens is 3. The van der Waals surface area contributed by atoms with Crippen LogP contribution in [0.3, 0.4) is 0 Å². The molecule has 2 heterocycles. The van der Waals surface area contributed by atoms with Gasteiger partial charge in [0.15, 0.2) is 11.8 Å². The number of hydrogen-bond acceptors (Lipinski definition) is 4. The number of halogens is 1. The van der Waals surface area contributed by atoms with Crippen molar-refractivity contribution in [2.75, 3.05) is 0 Å². The highest BCUT2D eigenvalue weighted by Crippen LogP contribution is 2.08. The lowest BCUT2D eigenvalue weighted by Gasteiger charge is -2.12. The zero-order chi connectivity index (χ0) is 18.4. The third-order valence-corrected chi connectivity index (χ3v) is 4.82. The Labute approximate surface area is 155 Å². The summed E-state index contributed by atoms with van der Waals surface area (Å²) in [6, 6.07) is 10.5. The first-order chi connectivity index (χ1) is 12.6. The fraction of sp³-hybridized carbons (Fsp3) is 0.278. The Morgan fingerprint density at radius 2 is 1.92 bits per heavy atom. The van der Waals surface area contributed by atoms with Crippen LogP contribution in [0.15, 0.2) is 46.8 Å². The standard InChI is InChI=1S/C18H21FN6S/c1-13-23-24-17(25(13)2)12-22-18(21-11-16-4-3-9-26-16)20-10-14-5-7-15(19)8-6-14/h3-9H,10-12H2,1-2H3,(H2,20,21,22). The highest BCUT2D eigenvalue weighted by Gasteiger charge is 2.07. The first kappa shape index (κ1) is 18.1. The van der Waals surface area contributed by atoms with Gasteiger partial charge in [0.05, 0.1) is 19.6 Å². The highest BCUT2D eigenvalue weighted by molar-refractivity contribution is 7.09. The topological polar surface area (TPSA) is 67.1 Å². The number of nitrogens with one attached hydrogen (secondary N) is 2. The van der Waals surface area contributed by atoms with E-state index in [4.69, 9.17) is 0 Å². The van der Waals surface area contributed by atoms with Gasteiger partial charge in [0, 0.05) is 11.9 Å². The Morgan fingerprint density at radius 1 is 1.15 bits per heavy atom. The summed E-state index contributed by atoms with van der Waals surface area (Å²) in [6.45, 7) is 3.56. The molecule has 3 rings (SSSR count). The summed E-state index contributed by atoms with van der Waals surface area (Å²) in [7, 11) is 1.93. The largest absolute Gasteiger partial charge is 0.351 e. The Kier molecular flexibility index (Phi) is 5.96. The lowest BCUT2D eigenvalue weighted by Crippen LogP contribution is -2.37. The monoisotopic (exact) mass is 372 g/mol. The van der Waals surface area contributed by atoms with Crippen LogP contribution >= 0.6 is 11.3 Å². The van der Waals surface area contributed by atoms with Crippen LogP contribution in [0.1, 0.15) is 22.1 Å². The molecule has 26 heavy (non-hydrogen) atoms. The van der Waals surface area contributed by atoms with Crippen LogP contribution in [-0.4, -0.2) is 20.7 Å². The summed E-state index contributed by atoms with van der Waals surface area (Å²) in [5.74, 6) is 2.11. The second-order valence-corrected chi connectivity index (χ2v) is 6.83. The summed E-state index contributed by atoms with van der Waals surface area (Å²) in [5, 5.41) is 16.9. The van der Waals surface area contributed by atoms with Crippen LogP contribution in [-0.2, 0) is 26.7 Å². The average molecular weight is 372 g/mol. The number of hydrogen-bond donors (Lipinski definition) is 2. The van der Waals surface area contributed by atoms with E-state index in [2.05, 4.69) is 31.9 Å². The molecule has 0 spiro atoms. The average Bonchev–Trinajstić information content (AvgIpc) is 3.27. The van der Waals surface area contributed by atoms with Crippen LogP contribution in [0.2, 0.25) is 0 Å². The Hall–Kier alpha value is -2.74. The van der Waals surface area contributed by atoms with Crippen molar-refractivity contribution >= 4 is 17.3 Å². The maximum atomic E-state index is 13.0. The van der Waals surface area contributed by atoms with Gasteiger partial charge in [0.1, 0.15) is 11.6 Å². The highest BCUT2D eigenvalue weighted by atomic mass is 32.1. The van der Waals surface area contributed by atoms with Gasteiger partial charge < -0.3 is 15.2 Å². The van der Waals surface area contributed by atoms with E-state index in [1.165, 1.54) is 17.0 Å². The van der Waals surface area contributed by atoms with Crippen molar-refractivity contribution in [3.8, 4) is 0 Å². The second kappa shape index (κ2) is 8.57. The van der Waals surface area contributed by atoms with Crippen molar-refractivity contribution in [3.05, 3.63) is 69.7 Å². The number of guanidine groups is 1. The van der Waals surface area contributed by atoms with Crippen LogP contribution in [0.5, 0.6) is 0 Å². The van der Waals surface area contributed by atoms with Gasteiger partial charge in [-0.15, -0.1) is 21.5 Å². The molecule has 136 valence electrons. The van der Waals surface area contributed by atoms with Gasteiger partial charge in [-0.25, -0.2) is 9.38 Å². The molecule has 0 amide bonds.